The lowest BCUT2D eigenvalue weighted by atomic mass is 9.78. The van der Waals surface area contributed by atoms with E-state index in [1.807, 2.05) is 0 Å². The number of hydrogen-bond donors (Lipinski definition) is 3. The molecule has 0 saturated heterocycles. The lowest BCUT2D eigenvalue weighted by Crippen LogP contribution is -2.61. The normalized spacial score (nSPS) is 13.3. The average molecular weight is 404 g/mol. The van der Waals surface area contributed by atoms with Crippen LogP contribution in [0.1, 0.15) is 31.1 Å². The van der Waals surface area contributed by atoms with E-state index < -0.39 is 35.2 Å². The number of aliphatic hydroxyl groups is 3. The number of carbonyl (C=O) groups excluding carboxylic acids is 3. The summed E-state index contributed by atoms with van der Waals surface area (Å²) < 4.78 is 0. The molecule has 30 heavy (non-hydrogen) atoms. The van der Waals surface area contributed by atoms with E-state index in [2.05, 4.69) is 0 Å². The largest absolute Gasteiger partial charge is 0.386 e. The zero-order valence-corrected chi connectivity index (χ0v) is 15.9. The van der Waals surface area contributed by atoms with Crippen molar-refractivity contribution in [2.45, 2.75) is 17.8 Å². The summed E-state index contributed by atoms with van der Waals surface area (Å²) in [7, 11) is 0. The van der Waals surface area contributed by atoms with Crippen molar-refractivity contribution in [1.82, 2.24) is 0 Å². The monoisotopic (exact) mass is 404 g/mol. The second-order valence-electron chi connectivity index (χ2n) is 6.78. The Morgan fingerprint density at radius 1 is 0.600 bits per heavy atom. The van der Waals surface area contributed by atoms with Gasteiger partial charge in [0.05, 0.1) is 0 Å². The van der Waals surface area contributed by atoms with Crippen molar-refractivity contribution in [3.8, 4) is 0 Å². The summed E-state index contributed by atoms with van der Waals surface area (Å²) in [5, 5.41) is 32.5. The van der Waals surface area contributed by atoms with Gasteiger partial charge < -0.3 is 15.3 Å². The molecule has 0 aliphatic heterocycles. The van der Waals surface area contributed by atoms with E-state index in [0.29, 0.717) is 0 Å². The Bertz CT molecular complexity index is 980. The fraction of sp³-hybridized carbons (Fsp3) is 0.125. The summed E-state index contributed by atoms with van der Waals surface area (Å²) in [6, 6.07) is 22.4. The first-order valence-corrected chi connectivity index (χ1v) is 9.25. The van der Waals surface area contributed by atoms with Crippen molar-refractivity contribution in [1.29, 1.82) is 0 Å². The number of aliphatic hydroxyl groups excluding tert-OH is 2. The van der Waals surface area contributed by atoms with Gasteiger partial charge in [-0.2, -0.15) is 0 Å². The van der Waals surface area contributed by atoms with Gasteiger partial charge in [0.15, 0.2) is 5.78 Å². The van der Waals surface area contributed by atoms with E-state index in [1.165, 1.54) is 60.7 Å². The Labute approximate surface area is 173 Å². The maximum Gasteiger partial charge on any atom is 0.219 e. The van der Waals surface area contributed by atoms with Gasteiger partial charge in [-0.25, -0.2) is 0 Å². The fourth-order valence-corrected chi connectivity index (χ4v) is 3.14. The number of Topliss-reactive ketones (excluding diaryl/α,β-unsaturated/α-hetero) is 3. The summed E-state index contributed by atoms with van der Waals surface area (Å²) in [4.78, 5) is 38.9. The second kappa shape index (κ2) is 8.92. The summed E-state index contributed by atoms with van der Waals surface area (Å²) >= 11 is 0. The number of hydrogen-bond acceptors (Lipinski definition) is 6. The third kappa shape index (κ3) is 3.97. The van der Waals surface area contributed by atoms with Crippen LogP contribution in [-0.4, -0.2) is 50.5 Å². The molecule has 3 N–H and O–H groups in total. The minimum Gasteiger partial charge on any atom is -0.386 e. The summed E-state index contributed by atoms with van der Waals surface area (Å²) in [6.07, 6.45) is -4.61. The minimum absolute atomic E-state index is 0.0531. The van der Waals surface area contributed by atoms with Crippen LogP contribution in [0.15, 0.2) is 91.0 Å². The second-order valence-corrected chi connectivity index (χ2v) is 6.78. The number of carbonyl (C=O) groups is 3. The molecular formula is C24H20O6. The summed E-state index contributed by atoms with van der Waals surface area (Å²) in [5.41, 5.74) is -3.12. The van der Waals surface area contributed by atoms with Crippen LogP contribution >= 0.6 is 0 Å². The molecule has 0 aromatic heterocycles. The van der Waals surface area contributed by atoms with Crippen LogP contribution in [0, 0.1) is 0 Å². The highest BCUT2D eigenvalue weighted by Gasteiger charge is 2.54. The molecule has 2 unspecified atom stereocenters. The first-order chi connectivity index (χ1) is 14.4. The van der Waals surface area contributed by atoms with E-state index in [0.717, 1.165) is 0 Å². The van der Waals surface area contributed by atoms with Crippen LogP contribution < -0.4 is 0 Å². The highest BCUT2D eigenvalue weighted by molar-refractivity contribution is 6.23. The van der Waals surface area contributed by atoms with E-state index in [4.69, 9.17) is 0 Å². The molecule has 0 bridgehead atoms. The van der Waals surface area contributed by atoms with Crippen LogP contribution in [0.4, 0.5) is 0 Å². The van der Waals surface area contributed by atoms with Crippen molar-refractivity contribution in [3.05, 3.63) is 108 Å². The molecule has 2 atom stereocenters. The molecule has 0 heterocycles. The summed E-state index contributed by atoms with van der Waals surface area (Å²) in [6.45, 7) is 0. The van der Waals surface area contributed by atoms with Crippen molar-refractivity contribution in [2.24, 2.45) is 0 Å². The maximum absolute atomic E-state index is 13.1. The van der Waals surface area contributed by atoms with Crippen LogP contribution in [0.2, 0.25) is 0 Å². The quantitative estimate of drug-likeness (QED) is 0.392. The third-order valence-corrected chi connectivity index (χ3v) is 4.82. The molecule has 0 aliphatic rings. The predicted octanol–water partition coefficient (Wildman–Crippen LogP) is 2.09. The molecule has 3 aromatic carbocycles. The smallest absolute Gasteiger partial charge is 0.219 e. The lowest BCUT2D eigenvalue weighted by molar-refractivity contribution is -0.0734. The topological polar surface area (TPSA) is 112 Å². The van der Waals surface area contributed by atoms with Gasteiger partial charge >= 0.3 is 0 Å². The molecule has 152 valence electrons. The van der Waals surface area contributed by atoms with Crippen molar-refractivity contribution in [3.63, 3.8) is 0 Å². The van der Waals surface area contributed by atoms with Gasteiger partial charge in [0.1, 0.15) is 12.2 Å². The van der Waals surface area contributed by atoms with Crippen molar-refractivity contribution < 1.29 is 29.7 Å². The Kier molecular flexibility index (Phi) is 6.32. The van der Waals surface area contributed by atoms with Gasteiger partial charge in [-0.05, 0) is 0 Å². The Morgan fingerprint density at radius 2 is 0.933 bits per heavy atom. The zero-order valence-electron chi connectivity index (χ0n) is 15.9. The van der Waals surface area contributed by atoms with E-state index in [-0.39, 0.29) is 16.7 Å². The first-order valence-electron chi connectivity index (χ1n) is 9.25. The Hall–Kier alpha value is -3.45. The van der Waals surface area contributed by atoms with Crippen LogP contribution in [-0.2, 0) is 0 Å². The highest BCUT2D eigenvalue weighted by Crippen LogP contribution is 2.26. The summed E-state index contributed by atoms with van der Waals surface area (Å²) in [5.74, 6) is -3.17. The molecule has 0 spiro atoms. The molecule has 3 rings (SSSR count). The highest BCUT2D eigenvalue weighted by atomic mass is 16.4. The third-order valence-electron chi connectivity index (χ3n) is 4.82. The van der Waals surface area contributed by atoms with Crippen LogP contribution in [0.3, 0.4) is 0 Å². The van der Waals surface area contributed by atoms with Crippen molar-refractivity contribution >= 4 is 17.3 Å². The predicted molar refractivity (Wildman–Crippen MR) is 109 cm³/mol. The lowest BCUT2D eigenvalue weighted by Gasteiger charge is -2.32. The molecule has 0 fully saturated rings. The molecule has 0 radical (unpaired) electrons. The maximum atomic E-state index is 13.1. The van der Waals surface area contributed by atoms with E-state index in [9.17, 15) is 29.7 Å². The molecule has 3 aromatic rings. The minimum atomic E-state index is -3.08. The van der Waals surface area contributed by atoms with Gasteiger partial charge in [0, 0.05) is 16.7 Å². The number of rotatable bonds is 8. The molecule has 0 aliphatic carbocycles. The number of ketones is 3. The van der Waals surface area contributed by atoms with Crippen LogP contribution in [0.25, 0.3) is 0 Å². The number of benzene rings is 3. The fourth-order valence-electron chi connectivity index (χ4n) is 3.14. The van der Waals surface area contributed by atoms with E-state index >= 15 is 0 Å². The zero-order chi connectivity index (χ0) is 21.7. The molecule has 0 saturated carbocycles. The standard InChI is InChI=1S/C24H20O6/c25-19(16-10-4-1-5-11-16)20(26)23(29)24(30,21(27)17-12-6-2-7-13-17)22(28)18-14-8-3-9-15-18/h1-15,20,23,26,29-30H. The van der Waals surface area contributed by atoms with E-state index in [1.54, 1.807) is 30.3 Å². The van der Waals surface area contributed by atoms with Gasteiger partial charge in [-0.1, -0.05) is 91.0 Å². The molecule has 0 amide bonds. The van der Waals surface area contributed by atoms with Gasteiger partial charge in [-0.3, -0.25) is 14.4 Å². The first kappa shape index (κ1) is 21.3. The van der Waals surface area contributed by atoms with Crippen molar-refractivity contribution in [2.75, 3.05) is 0 Å². The molecule has 6 heteroatoms. The van der Waals surface area contributed by atoms with Crippen LogP contribution in [0.5, 0.6) is 0 Å². The molecule has 6 nitrogen and oxygen atoms in total. The Balaban J connectivity index is 2.05. The Morgan fingerprint density at radius 3 is 1.30 bits per heavy atom. The molecular weight excluding hydrogens is 384 g/mol. The SMILES string of the molecule is O=C(c1ccccc1)C(O)C(O)C(O)(C(=O)c1ccccc1)C(=O)c1ccccc1. The van der Waals surface area contributed by atoms with Gasteiger partial charge in [-0.15, -0.1) is 0 Å². The average Bonchev–Trinajstić information content (AvgIpc) is 2.82. The van der Waals surface area contributed by atoms with Gasteiger partial charge in [0.25, 0.3) is 0 Å². The van der Waals surface area contributed by atoms with Gasteiger partial charge in [0.2, 0.25) is 17.2 Å².